The van der Waals surface area contributed by atoms with Crippen LogP contribution >= 0.6 is 0 Å². The van der Waals surface area contributed by atoms with Crippen molar-refractivity contribution in [2.75, 3.05) is 19.8 Å². The van der Waals surface area contributed by atoms with Gasteiger partial charge in [0.2, 0.25) is 11.8 Å². The standard InChI is InChI=1S/C31H45N3O7/c35-23-31(17-9-10-18-31)34-27(36)20-25-14-6-1-2-7-16-28(37)40-22-26(33-29(25)38)15-8-11-19-32-30(39)41-21-24-12-4-3-5-13-24/h1,3-6,12-13,25-26,35H,2,7-11,14-23H2,(H,32,39)(H,33,38)(H,34,36)/t25-,26+/m1/s1. The average molecular weight is 572 g/mol. The maximum absolute atomic E-state index is 13.3. The van der Waals surface area contributed by atoms with Gasteiger partial charge in [0.05, 0.1) is 24.1 Å². The number of amides is 3. The number of hydrogen-bond acceptors (Lipinski definition) is 7. The Labute approximate surface area is 242 Å². The van der Waals surface area contributed by atoms with Gasteiger partial charge in [0.25, 0.3) is 0 Å². The lowest BCUT2D eigenvalue weighted by Gasteiger charge is -2.29. The van der Waals surface area contributed by atoms with E-state index in [2.05, 4.69) is 16.0 Å². The molecule has 10 heteroatoms. The van der Waals surface area contributed by atoms with Crippen molar-refractivity contribution >= 4 is 23.9 Å². The van der Waals surface area contributed by atoms with Crippen LogP contribution in [0.15, 0.2) is 42.5 Å². The lowest BCUT2D eigenvalue weighted by atomic mass is 9.95. The maximum Gasteiger partial charge on any atom is 0.407 e. The van der Waals surface area contributed by atoms with Gasteiger partial charge in [0.15, 0.2) is 0 Å². The van der Waals surface area contributed by atoms with Crippen LogP contribution in [0, 0.1) is 5.92 Å². The minimum atomic E-state index is -0.592. The normalized spacial score (nSPS) is 21.4. The number of cyclic esters (lactones) is 1. The third-order valence-electron chi connectivity index (χ3n) is 7.66. The number of carbonyl (C=O) groups is 4. The molecule has 41 heavy (non-hydrogen) atoms. The fourth-order valence-corrected chi connectivity index (χ4v) is 5.23. The lowest BCUT2D eigenvalue weighted by molar-refractivity contribution is -0.145. The van der Waals surface area contributed by atoms with Crippen LogP contribution in [0.1, 0.15) is 82.6 Å². The highest BCUT2D eigenvalue weighted by Gasteiger charge is 2.35. The number of hydrogen-bond donors (Lipinski definition) is 4. The van der Waals surface area contributed by atoms with E-state index in [1.54, 1.807) is 0 Å². The summed E-state index contributed by atoms with van der Waals surface area (Å²) in [7, 11) is 0. The Balaban J connectivity index is 1.49. The van der Waals surface area contributed by atoms with Crippen molar-refractivity contribution in [1.82, 2.24) is 16.0 Å². The first kappa shape index (κ1) is 32.1. The number of nitrogens with one attached hydrogen (secondary N) is 3. The number of unbranched alkanes of at least 4 members (excludes halogenated alkanes) is 1. The van der Waals surface area contributed by atoms with Crippen LogP contribution in [0.3, 0.4) is 0 Å². The largest absolute Gasteiger partial charge is 0.463 e. The molecule has 4 N–H and O–H groups in total. The number of alkyl carbamates (subject to hydrolysis) is 1. The molecule has 2 atom stereocenters. The van der Waals surface area contributed by atoms with Gasteiger partial charge in [-0.15, -0.1) is 0 Å². The molecular weight excluding hydrogens is 526 g/mol. The third kappa shape index (κ3) is 11.9. The molecule has 3 rings (SSSR count). The van der Waals surface area contributed by atoms with Gasteiger partial charge < -0.3 is 30.5 Å². The number of rotatable bonds is 11. The molecule has 0 saturated heterocycles. The summed E-state index contributed by atoms with van der Waals surface area (Å²) in [5.74, 6) is -1.39. The van der Waals surface area contributed by atoms with E-state index in [-0.39, 0.29) is 44.0 Å². The lowest BCUT2D eigenvalue weighted by Crippen LogP contribution is -2.50. The highest BCUT2D eigenvalue weighted by Crippen LogP contribution is 2.29. The summed E-state index contributed by atoms with van der Waals surface area (Å²) in [6.45, 7) is 0.551. The molecule has 0 aromatic heterocycles. The van der Waals surface area contributed by atoms with Crippen LogP contribution in [0.2, 0.25) is 0 Å². The smallest absolute Gasteiger partial charge is 0.407 e. The maximum atomic E-state index is 13.3. The van der Waals surface area contributed by atoms with Crippen LogP contribution in [0.5, 0.6) is 0 Å². The van der Waals surface area contributed by atoms with E-state index in [1.807, 2.05) is 42.5 Å². The SMILES string of the molecule is O=C(C[C@H]1CC=CCCCC(=O)OC[C@H](CCCCNC(=O)OCc2ccccc2)NC1=O)NC1(CO)CCCC1. The van der Waals surface area contributed by atoms with Crippen molar-refractivity contribution in [3.05, 3.63) is 48.0 Å². The van der Waals surface area contributed by atoms with Gasteiger partial charge in [-0.3, -0.25) is 14.4 Å². The Bertz CT molecular complexity index is 1010. The van der Waals surface area contributed by atoms with E-state index < -0.39 is 23.6 Å². The van der Waals surface area contributed by atoms with E-state index in [4.69, 9.17) is 9.47 Å². The summed E-state index contributed by atoms with van der Waals surface area (Å²) < 4.78 is 10.7. The van der Waals surface area contributed by atoms with Gasteiger partial charge in [-0.05, 0) is 56.9 Å². The summed E-state index contributed by atoms with van der Waals surface area (Å²) in [6, 6.07) is 9.02. The Morgan fingerprint density at radius 1 is 1.07 bits per heavy atom. The van der Waals surface area contributed by atoms with Crippen LogP contribution < -0.4 is 16.0 Å². The average Bonchev–Trinajstić information content (AvgIpc) is 3.44. The first-order chi connectivity index (χ1) is 19.9. The van der Waals surface area contributed by atoms with E-state index in [0.29, 0.717) is 51.5 Å². The predicted molar refractivity (Wildman–Crippen MR) is 154 cm³/mol. The zero-order valence-electron chi connectivity index (χ0n) is 23.9. The van der Waals surface area contributed by atoms with Crippen LogP contribution in [-0.4, -0.2) is 60.3 Å². The van der Waals surface area contributed by atoms with Gasteiger partial charge in [-0.2, -0.15) is 0 Å². The van der Waals surface area contributed by atoms with Gasteiger partial charge in [-0.1, -0.05) is 55.3 Å². The van der Waals surface area contributed by atoms with Crippen molar-refractivity contribution < 1.29 is 33.8 Å². The minimum Gasteiger partial charge on any atom is -0.463 e. The van der Waals surface area contributed by atoms with Crippen molar-refractivity contribution in [1.29, 1.82) is 0 Å². The molecule has 10 nitrogen and oxygen atoms in total. The van der Waals surface area contributed by atoms with Crippen LogP contribution in [0.4, 0.5) is 4.79 Å². The Hall–Kier alpha value is -3.40. The Morgan fingerprint density at radius 2 is 1.85 bits per heavy atom. The number of benzene rings is 1. The van der Waals surface area contributed by atoms with E-state index in [9.17, 15) is 24.3 Å². The summed E-state index contributed by atoms with van der Waals surface area (Å²) in [5.41, 5.74) is 0.315. The van der Waals surface area contributed by atoms with Crippen molar-refractivity contribution in [3.63, 3.8) is 0 Å². The first-order valence-electron chi connectivity index (χ1n) is 14.9. The Kier molecular flexibility index (Phi) is 13.6. The topological polar surface area (TPSA) is 143 Å². The number of allylic oxidation sites excluding steroid dienone is 2. The van der Waals surface area contributed by atoms with Crippen molar-refractivity contribution in [2.24, 2.45) is 5.92 Å². The monoisotopic (exact) mass is 571 g/mol. The van der Waals surface area contributed by atoms with Crippen molar-refractivity contribution in [3.8, 4) is 0 Å². The van der Waals surface area contributed by atoms with Crippen LogP contribution in [0.25, 0.3) is 0 Å². The Morgan fingerprint density at radius 3 is 2.61 bits per heavy atom. The zero-order valence-corrected chi connectivity index (χ0v) is 23.9. The first-order valence-corrected chi connectivity index (χ1v) is 14.9. The predicted octanol–water partition coefficient (Wildman–Crippen LogP) is 3.67. The molecule has 0 radical (unpaired) electrons. The highest BCUT2D eigenvalue weighted by atomic mass is 16.5. The molecule has 226 valence electrons. The summed E-state index contributed by atoms with van der Waals surface area (Å²) in [4.78, 5) is 50.4. The van der Waals surface area contributed by atoms with E-state index in [1.165, 1.54) is 0 Å². The van der Waals surface area contributed by atoms with E-state index >= 15 is 0 Å². The summed E-state index contributed by atoms with van der Waals surface area (Å²) >= 11 is 0. The molecule has 1 aromatic rings. The molecule has 1 heterocycles. The molecule has 0 unspecified atom stereocenters. The molecule has 1 aliphatic carbocycles. The fraction of sp³-hybridized carbons (Fsp3) is 0.613. The zero-order chi connectivity index (χ0) is 29.3. The molecule has 0 bridgehead atoms. The molecule has 1 aromatic carbocycles. The fourth-order valence-electron chi connectivity index (χ4n) is 5.23. The molecule has 1 saturated carbocycles. The molecule has 3 amide bonds. The summed E-state index contributed by atoms with van der Waals surface area (Å²) in [5, 5.41) is 18.6. The number of carbonyl (C=O) groups excluding carboxylic acids is 4. The molecular formula is C31H45N3O7. The van der Waals surface area contributed by atoms with Gasteiger partial charge in [-0.25, -0.2) is 4.79 Å². The van der Waals surface area contributed by atoms with Crippen molar-refractivity contribution in [2.45, 2.75) is 95.2 Å². The molecule has 1 aliphatic heterocycles. The summed E-state index contributed by atoms with van der Waals surface area (Å²) in [6.07, 6.45) is 10.6. The number of aliphatic hydroxyl groups is 1. The minimum absolute atomic E-state index is 0.0133. The molecule has 0 spiro atoms. The molecule has 2 aliphatic rings. The van der Waals surface area contributed by atoms with Gasteiger partial charge >= 0.3 is 12.1 Å². The third-order valence-corrected chi connectivity index (χ3v) is 7.66. The van der Waals surface area contributed by atoms with E-state index in [0.717, 1.165) is 31.2 Å². The number of esters is 1. The van der Waals surface area contributed by atoms with Crippen LogP contribution in [-0.2, 0) is 30.5 Å². The van der Waals surface area contributed by atoms with Gasteiger partial charge in [0, 0.05) is 19.4 Å². The quantitative estimate of drug-likeness (QED) is 0.180. The molecule has 1 fully saturated rings. The number of ether oxygens (including phenoxy) is 2. The second kappa shape index (κ2) is 17.4. The number of aliphatic hydroxyl groups excluding tert-OH is 1. The second-order valence-corrected chi connectivity index (χ2v) is 11.1. The van der Waals surface area contributed by atoms with Gasteiger partial charge in [0.1, 0.15) is 13.2 Å². The second-order valence-electron chi connectivity index (χ2n) is 11.1. The highest BCUT2D eigenvalue weighted by molar-refractivity contribution is 5.86.